The van der Waals surface area contributed by atoms with E-state index >= 15 is 0 Å². The monoisotopic (exact) mass is 298 g/mol. The van der Waals surface area contributed by atoms with Crippen molar-refractivity contribution < 1.29 is 36.2 Å². The Hall–Kier alpha value is -1.86. The number of benzene rings is 1. The van der Waals surface area contributed by atoms with E-state index in [2.05, 4.69) is 9.47 Å². The summed E-state index contributed by atoms with van der Waals surface area (Å²) in [7, 11) is 0. The number of hydrogen-bond donors (Lipinski definition) is 0. The Morgan fingerprint density at radius 2 is 1.40 bits per heavy atom. The van der Waals surface area contributed by atoms with Gasteiger partial charge in [0.25, 0.3) is 0 Å². The first kappa shape index (κ1) is 16.2. The first-order valence-corrected chi connectivity index (χ1v) is 5.70. The highest BCUT2D eigenvalue weighted by atomic mass is 19.2. The molecule has 0 saturated heterocycles. The number of carbonyl (C=O) groups excluding carboxylic acids is 1. The molecule has 3 nitrogen and oxygen atoms in total. The summed E-state index contributed by atoms with van der Waals surface area (Å²) in [6.45, 7) is 0.757. The Balaban J connectivity index is 2.76. The summed E-state index contributed by atoms with van der Waals surface area (Å²) < 4.78 is 73.6. The van der Waals surface area contributed by atoms with Crippen molar-refractivity contribution >= 4 is 6.16 Å². The van der Waals surface area contributed by atoms with Gasteiger partial charge in [0.05, 0.1) is 12.2 Å². The predicted molar refractivity (Wildman–Crippen MR) is 57.3 cm³/mol. The van der Waals surface area contributed by atoms with Crippen molar-refractivity contribution in [2.24, 2.45) is 0 Å². The average molecular weight is 298 g/mol. The molecule has 8 heteroatoms. The molecule has 0 aliphatic carbocycles. The summed E-state index contributed by atoms with van der Waals surface area (Å²) in [5.74, 6) is -10.5. The maximum absolute atomic E-state index is 13.2. The minimum atomic E-state index is -2.27. The molecular formula is C12H11F5O3. The number of carbonyl (C=O) groups is 1. The molecule has 1 rings (SSSR count). The van der Waals surface area contributed by atoms with Gasteiger partial charge in [-0.3, -0.25) is 0 Å². The van der Waals surface area contributed by atoms with Crippen molar-refractivity contribution in [1.29, 1.82) is 0 Å². The van der Waals surface area contributed by atoms with Crippen LogP contribution in [0.1, 0.15) is 25.3 Å². The first-order valence-electron chi connectivity index (χ1n) is 5.70. The van der Waals surface area contributed by atoms with Crippen molar-refractivity contribution in [3.05, 3.63) is 34.6 Å². The highest BCUT2D eigenvalue weighted by Gasteiger charge is 2.26. The van der Waals surface area contributed by atoms with E-state index in [1.807, 2.05) is 6.92 Å². The van der Waals surface area contributed by atoms with Crippen LogP contribution in [-0.4, -0.2) is 12.8 Å². The SMILES string of the molecule is CCCCOC(=O)OCc1c(F)c(F)c(F)c(F)c1F. The zero-order chi connectivity index (χ0) is 15.3. The molecular weight excluding hydrogens is 287 g/mol. The molecule has 0 unspecified atom stereocenters. The van der Waals surface area contributed by atoms with Crippen molar-refractivity contribution in [3.63, 3.8) is 0 Å². The number of halogens is 5. The van der Waals surface area contributed by atoms with Gasteiger partial charge in [-0.1, -0.05) is 13.3 Å². The van der Waals surface area contributed by atoms with E-state index < -0.39 is 47.4 Å². The van der Waals surface area contributed by atoms with Gasteiger partial charge in [0.2, 0.25) is 5.82 Å². The van der Waals surface area contributed by atoms with Crippen LogP contribution >= 0.6 is 0 Å². The first-order chi connectivity index (χ1) is 9.40. The maximum Gasteiger partial charge on any atom is 0.508 e. The molecule has 1 aromatic carbocycles. The van der Waals surface area contributed by atoms with Gasteiger partial charge in [0, 0.05) is 0 Å². The van der Waals surface area contributed by atoms with Crippen LogP contribution in [0.5, 0.6) is 0 Å². The van der Waals surface area contributed by atoms with Crippen molar-refractivity contribution in [3.8, 4) is 0 Å². The molecule has 0 aliphatic heterocycles. The van der Waals surface area contributed by atoms with E-state index in [0.29, 0.717) is 6.42 Å². The van der Waals surface area contributed by atoms with E-state index in [-0.39, 0.29) is 6.61 Å². The third-order valence-corrected chi connectivity index (χ3v) is 2.35. The molecule has 0 bridgehead atoms. The van der Waals surface area contributed by atoms with Crippen molar-refractivity contribution in [2.75, 3.05) is 6.61 Å². The molecule has 0 aromatic heterocycles. The number of unbranched alkanes of at least 4 members (excludes halogenated alkanes) is 1. The topological polar surface area (TPSA) is 35.5 Å². The molecule has 0 atom stereocenters. The lowest BCUT2D eigenvalue weighted by Gasteiger charge is -2.09. The lowest BCUT2D eigenvalue weighted by molar-refractivity contribution is 0.0473. The van der Waals surface area contributed by atoms with Gasteiger partial charge in [0.15, 0.2) is 23.3 Å². The van der Waals surface area contributed by atoms with Gasteiger partial charge >= 0.3 is 6.16 Å². The summed E-state index contributed by atoms with van der Waals surface area (Å²) in [4.78, 5) is 11.0. The van der Waals surface area contributed by atoms with E-state index in [9.17, 15) is 26.7 Å². The molecule has 1 aromatic rings. The minimum absolute atomic E-state index is 0.0342. The quantitative estimate of drug-likeness (QED) is 0.272. The van der Waals surface area contributed by atoms with Crippen molar-refractivity contribution in [2.45, 2.75) is 26.4 Å². The van der Waals surface area contributed by atoms with Crippen molar-refractivity contribution in [1.82, 2.24) is 0 Å². The smallest absolute Gasteiger partial charge is 0.434 e. The van der Waals surface area contributed by atoms with Crippen LogP contribution < -0.4 is 0 Å². The molecule has 0 N–H and O–H groups in total. The predicted octanol–water partition coefficient (Wildman–Crippen LogP) is 3.84. The highest BCUT2D eigenvalue weighted by molar-refractivity contribution is 5.59. The normalized spacial score (nSPS) is 10.5. The number of rotatable bonds is 5. The summed E-state index contributed by atoms with van der Waals surface area (Å²) in [5.41, 5.74) is -1.23. The van der Waals surface area contributed by atoms with Gasteiger partial charge in [-0.25, -0.2) is 26.7 Å². The van der Waals surface area contributed by atoms with Crippen LogP contribution in [0.25, 0.3) is 0 Å². The summed E-state index contributed by atoms with van der Waals surface area (Å²) in [6, 6.07) is 0. The third kappa shape index (κ3) is 3.58. The van der Waals surface area contributed by atoms with Crippen LogP contribution in [0, 0.1) is 29.1 Å². The second-order valence-corrected chi connectivity index (χ2v) is 3.79. The van der Waals surface area contributed by atoms with Crippen LogP contribution in [0.4, 0.5) is 26.7 Å². The van der Waals surface area contributed by atoms with Crippen LogP contribution in [0.2, 0.25) is 0 Å². The molecule has 0 aliphatic rings. The Morgan fingerprint density at radius 1 is 0.900 bits per heavy atom. The van der Waals surface area contributed by atoms with Crippen LogP contribution in [0.3, 0.4) is 0 Å². The zero-order valence-electron chi connectivity index (χ0n) is 10.4. The molecule has 0 radical (unpaired) electrons. The fraction of sp³-hybridized carbons (Fsp3) is 0.417. The molecule has 112 valence electrons. The van der Waals surface area contributed by atoms with Crippen LogP contribution in [-0.2, 0) is 16.1 Å². The molecule has 0 amide bonds. The van der Waals surface area contributed by atoms with Crippen LogP contribution in [0.15, 0.2) is 0 Å². The minimum Gasteiger partial charge on any atom is -0.434 e. The Labute approximate surface area is 111 Å². The van der Waals surface area contributed by atoms with Gasteiger partial charge in [0.1, 0.15) is 6.61 Å². The van der Waals surface area contributed by atoms with E-state index in [4.69, 9.17) is 0 Å². The molecule has 20 heavy (non-hydrogen) atoms. The Morgan fingerprint density at radius 3 is 1.90 bits per heavy atom. The Kier molecular flexibility index (Phi) is 5.72. The average Bonchev–Trinajstić information content (AvgIpc) is 2.43. The zero-order valence-corrected chi connectivity index (χ0v) is 10.4. The molecule has 0 heterocycles. The number of ether oxygens (including phenoxy) is 2. The second kappa shape index (κ2) is 7.06. The van der Waals surface area contributed by atoms with Gasteiger partial charge < -0.3 is 9.47 Å². The highest BCUT2D eigenvalue weighted by Crippen LogP contribution is 2.23. The van der Waals surface area contributed by atoms with E-state index in [1.54, 1.807) is 0 Å². The van der Waals surface area contributed by atoms with E-state index in [0.717, 1.165) is 6.42 Å². The fourth-order valence-electron chi connectivity index (χ4n) is 1.25. The maximum atomic E-state index is 13.2. The molecule has 0 fully saturated rings. The number of hydrogen-bond acceptors (Lipinski definition) is 3. The lowest BCUT2D eigenvalue weighted by Crippen LogP contribution is -2.13. The largest absolute Gasteiger partial charge is 0.508 e. The standard InChI is InChI=1S/C12H11F5O3/c1-2-3-4-19-12(18)20-5-6-7(13)9(15)11(17)10(16)8(6)14/h2-5H2,1H3. The lowest BCUT2D eigenvalue weighted by atomic mass is 10.2. The van der Waals surface area contributed by atoms with Gasteiger partial charge in [-0.2, -0.15) is 0 Å². The fourth-order valence-corrected chi connectivity index (χ4v) is 1.25. The van der Waals surface area contributed by atoms with Gasteiger partial charge in [-0.15, -0.1) is 0 Å². The summed E-state index contributed by atoms with van der Waals surface area (Å²) >= 11 is 0. The summed E-state index contributed by atoms with van der Waals surface area (Å²) in [5, 5.41) is 0. The van der Waals surface area contributed by atoms with E-state index in [1.165, 1.54) is 0 Å². The molecule has 0 spiro atoms. The second-order valence-electron chi connectivity index (χ2n) is 3.79. The molecule has 0 saturated carbocycles. The third-order valence-electron chi connectivity index (χ3n) is 2.35. The van der Waals surface area contributed by atoms with Gasteiger partial charge in [-0.05, 0) is 6.42 Å². The summed E-state index contributed by atoms with van der Waals surface area (Å²) in [6.07, 6.45) is 0.0464. The Bertz CT molecular complexity index is 475.